The molecule has 1 unspecified atom stereocenters. The van der Waals surface area contributed by atoms with Crippen molar-refractivity contribution < 1.29 is 0 Å². The van der Waals surface area contributed by atoms with Crippen molar-refractivity contribution in [3.8, 4) is 0 Å². The minimum atomic E-state index is 0.611. The van der Waals surface area contributed by atoms with E-state index in [-0.39, 0.29) is 0 Å². The SMILES string of the molecule is CCC(C)c1ccc(Cn2c(Cc3ccccc3C)nc3ccccc32)cc1. The standard InChI is InChI=1S/C26H28N2/c1-4-19(2)22-15-13-21(14-16-22)18-28-25-12-8-7-11-24(25)27-26(28)17-23-10-6-5-9-20(23)3/h5-16,19H,4,17-18H2,1-3H3. The predicted molar refractivity (Wildman–Crippen MR) is 118 cm³/mol. The molecule has 0 spiro atoms. The molecule has 3 aromatic carbocycles. The Balaban J connectivity index is 1.70. The molecule has 0 aliphatic carbocycles. The van der Waals surface area contributed by atoms with E-state index >= 15 is 0 Å². The second kappa shape index (κ2) is 8.02. The molecule has 2 nitrogen and oxygen atoms in total. The Morgan fingerprint density at radius 2 is 1.61 bits per heavy atom. The lowest BCUT2D eigenvalue weighted by Gasteiger charge is -2.13. The van der Waals surface area contributed by atoms with E-state index in [1.807, 2.05) is 0 Å². The Morgan fingerprint density at radius 1 is 0.893 bits per heavy atom. The topological polar surface area (TPSA) is 17.8 Å². The van der Waals surface area contributed by atoms with Gasteiger partial charge < -0.3 is 4.57 Å². The highest BCUT2D eigenvalue weighted by atomic mass is 15.1. The van der Waals surface area contributed by atoms with E-state index in [1.165, 1.54) is 34.2 Å². The van der Waals surface area contributed by atoms with Crippen molar-refractivity contribution in [3.05, 3.63) is 101 Å². The van der Waals surface area contributed by atoms with Crippen LogP contribution in [0.1, 0.15) is 54.3 Å². The second-order valence-corrected chi connectivity index (χ2v) is 7.76. The normalized spacial score (nSPS) is 12.4. The summed E-state index contributed by atoms with van der Waals surface area (Å²) in [7, 11) is 0. The van der Waals surface area contributed by atoms with Crippen molar-refractivity contribution in [2.24, 2.45) is 0 Å². The Hall–Kier alpha value is -2.87. The maximum absolute atomic E-state index is 4.97. The van der Waals surface area contributed by atoms with Crippen LogP contribution in [0.4, 0.5) is 0 Å². The van der Waals surface area contributed by atoms with Crippen LogP contribution in [0.15, 0.2) is 72.8 Å². The van der Waals surface area contributed by atoms with E-state index in [0.29, 0.717) is 5.92 Å². The molecule has 0 saturated carbocycles. The molecule has 2 heteroatoms. The smallest absolute Gasteiger partial charge is 0.114 e. The summed E-state index contributed by atoms with van der Waals surface area (Å²) >= 11 is 0. The summed E-state index contributed by atoms with van der Waals surface area (Å²) in [5, 5.41) is 0. The first-order valence-corrected chi connectivity index (χ1v) is 10.2. The minimum absolute atomic E-state index is 0.611. The highest BCUT2D eigenvalue weighted by Crippen LogP contribution is 2.23. The third-order valence-electron chi connectivity index (χ3n) is 5.85. The van der Waals surface area contributed by atoms with Crippen LogP contribution in [0.5, 0.6) is 0 Å². The molecule has 1 heterocycles. The molecule has 0 aliphatic rings. The molecule has 0 radical (unpaired) electrons. The van der Waals surface area contributed by atoms with Crippen LogP contribution in [-0.2, 0) is 13.0 Å². The molecule has 0 N–H and O–H groups in total. The summed E-state index contributed by atoms with van der Waals surface area (Å²) in [5.74, 6) is 1.74. The van der Waals surface area contributed by atoms with Crippen LogP contribution >= 0.6 is 0 Å². The highest BCUT2D eigenvalue weighted by molar-refractivity contribution is 5.76. The number of imidazole rings is 1. The molecule has 142 valence electrons. The van der Waals surface area contributed by atoms with Gasteiger partial charge >= 0.3 is 0 Å². The summed E-state index contributed by atoms with van der Waals surface area (Å²) in [5.41, 5.74) is 7.67. The van der Waals surface area contributed by atoms with Crippen molar-refractivity contribution in [3.63, 3.8) is 0 Å². The zero-order valence-corrected chi connectivity index (χ0v) is 17.0. The first-order valence-electron chi connectivity index (χ1n) is 10.2. The van der Waals surface area contributed by atoms with Crippen molar-refractivity contribution >= 4 is 11.0 Å². The summed E-state index contributed by atoms with van der Waals surface area (Å²) in [6.07, 6.45) is 2.03. The van der Waals surface area contributed by atoms with Gasteiger partial charge in [-0.05, 0) is 53.6 Å². The van der Waals surface area contributed by atoms with E-state index in [0.717, 1.165) is 24.3 Å². The molecule has 28 heavy (non-hydrogen) atoms. The Kier molecular flexibility index (Phi) is 5.29. The fourth-order valence-electron chi connectivity index (χ4n) is 3.79. The van der Waals surface area contributed by atoms with Crippen LogP contribution in [0, 0.1) is 6.92 Å². The average Bonchev–Trinajstić information content (AvgIpc) is 3.07. The lowest BCUT2D eigenvalue weighted by Crippen LogP contribution is -2.07. The van der Waals surface area contributed by atoms with Crippen LogP contribution in [0.3, 0.4) is 0 Å². The average molecular weight is 369 g/mol. The molecule has 1 aromatic heterocycles. The molecule has 1 atom stereocenters. The molecule has 0 bridgehead atoms. The number of hydrogen-bond acceptors (Lipinski definition) is 1. The van der Waals surface area contributed by atoms with Crippen molar-refractivity contribution in [1.82, 2.24) is 9.55 Å². The fourth-order valence-corrected chi connectivity index (χ4v) is 3.79. The van der Waals surface area contributed by atoms with Gasteiger partial charge in [0.25, 0.3) is 0 Å². The van der Waals surface area contributed by atoms with Gasteiger partial charge in [-0.15, -0.1) is 0 Å². The van der Waals surface area contributed by atoms with Gasteiger partial charge in [-0.2, -0.15) is 0 Å². The lowest BCUT2D eigenvalue weighted by atomic mass is 9.97. The predicted octanol–water partition coefficient (Wildman–Crippen LogP) is 6.50. The Labute approximate surface area is 167 Å². The highest BCUT2D eigenvalue weighted by Gasteiger charge is 2.13. The van der Waals surface area contributed by atoms with Gasteiger partial charge in [-0.3, -0.25) is 0 Å². The van der Waals surface area contributed by atoms with E-state index in [9.17, 15) is 0 Å². The molecule has 0 fully saturated rings. The number of benzene rings is 3. The number of nitrogens with zero attached hydrogens (tertiary/aromatic N) is 2. The van der Waals surface area contributed by atoms with Crippen LogP contribution < -0.4 is 0 Å². The van der Waals surface area contributed by atoms with Crippen LogP contribution in [-0.4, -0.2) is 9.55 Å². The Morgan fingerprint density at radius 3 is 2.36 bits per heavy atom. The number of hydrogen-bond donors (Lipinski definition) is 0. The van der Waals surface area contributed by atoms with E-state index < -0.39 is 0 Å². The van der Waals surface area contributed by atoms with E-state index in [4.69, 9.17) is 4.98 Å². The van der Waals surface area contributed by atoms with Crippen molar-refractivity contribution in [1.29, 1.82) is 0 Å². The number of aromatic nitrogens is 2. The molecule has 4 aromatic rings. The first kappa shape index (κ1) is 18.5. The molecule has 0 aliphatic heterocycles. The minimum Gasteiger partial charge on any atom is -0.323 e. The van der Waals surface area contributed by atoms with Gasteiger partial charge in [0, 0.05) is 13.0 Å². The third kappa shape index (κ3) is 3.73. The van der Waals surface area contributed by atoms with E-state index in [1.54, 1.807) is 0 Å². The molecular formula is C26H28N2. The van der Waals surface area contributed by atoms with E-state index in [2.05, 4.69) is 98.1 Å². The lowest BCUT2D eigenvalue weighted by molar-refractivity contribution is 0.729. The monoisotopic (exact) mass is 368 g/mol. The third-order valence-corrected chi connectivity index (χ3v) is 5.85. The zero-order chi connectivity index (χ0) is 19.5. The van der Waals surface area contributed by atoms with Gasteiger partial charge in [0.1, 0.15) is 5.82 Å². The van der Waals surface area contributed by atoms with Crippen LogP contribution in [0.2, 0.25) is 0 Å². The van der Waals surface area contributed by atoms with Gasteiger partial charge in [0.05, 0.1) is 11.0 Å². The molecular weight excluding hydrogens is 340 g/mol. The number of aryl methyl sites for hydroxylation is 1. The maximum Gasteiger partial charge on any atom is 0.114 e. The second-order valence-electron chi connectivity index (χ2n) is 7.76. The fraction of sp³-hybridized carbons (Fsp3) is 0.269. The van der Waals surface area contributed by atoms with Gasteiger partial charge in [0.15, 0.2) is 0 Å². The number of rotatable bonds is 6. The summed E-state index contributed by atoms with van der Waals surface area (Å²) in [6, 6.07) is 26.2. The number of para-hydroxylation sites is 2. The molecule has 0 amide bonds. The number of fused-ring (bicyclic) bond motifs is 1. The largest absolute Gasteiger partial charge is 0.323 e. The van der Waals surface area contributed by atoms with Gasteiger partial charge in [-0.25, -0.2) is 4.98 Å². The van der Waals surface area contributed by atoms with Crippen molar-refractivity contribution in [2.45, 2.75) is 46.1 Å². The van der Waals surface area contributed by atoms with Gasteiger partial charge in [0.2, 0.25) is 0 Å². The Bertz CT molecular complexity index is 1070. The van der Waals surface area contributed by atoms with Gasteiger partial charge in [-0.1, -0.05) is 74.5 Å². The summed E-state index contributed by atoms with van der Waals surface area (Å²) < 4.78 is 2.38. The molecule has 0 saturated heterocycles. The summed E-state index contributed by atoms with van der Waals surface area (Å²) in [4.78, 5) is 4.97. The summed E-state index contributed by atoms with van der Waals surface area (Å²) in [6.45, 7) is 7.56. The quantitative estimate of drug-likeness (QED) is 0.380. The van der Waals surface area contributed by atoms with Crippen molar-refractivity contribution in [2.75, 3.05) is 0 Å². The zero-order valence-electron chi connectivity index (χ0n) is 17.0. The molecule has 4 rings (SSSR count). The first-order chi connectivity index (χ1) is 13.7. The van der Waals surface area contributed by atoms with Crippen LogP contribution in [0.25, 0.3) is 11.0 Å². The maximum atomic E-state index is 4.97.